The Kier molecular flexibility index (Phi) is 9.60. The van der Waals surface area contributed by atoms with Crippen LogP contribution in [-0.2, 0) is 18.8 Å². The van der Waals surface area contributed by atoms with E-state index in [0.29, 0.717) is 12.8 Å². The van der Waals surface area contributed by atoms with Gasteiger partial charge in [0.25, 0.3) is 0 Å². The topological polar surface area (TPSA) is 87.6 Å². The van der Waals surface area contributed by atoms with Gasteiger partial charge in [0.05, 0.1) is 13.7 Å². The summed E-state index contributed by atoms with van der Waals surface area (Å²) in [6.07, 6.45) is 4.81. The fourth-order valence-electron chi connectivity index (χ4n) is 0.931. The van der Waals surface area contributed by atoms with Crippen LogP contribution in [0.2, 0.25) is 0 Å². The van der Waals surface area contributed by atoms with Crippen molar-refractivity contribution in [3.05, 3.63) is 25.3 Å². The first-order valence-electron chi connectivity index (χ1n) is 4.22. The molecule has 0 aliphatic rings. The van der Waals surface area contributed by atoms with E-state index < -0.39 is 10.4 Å². The minimum Gasteiger partial charge on any atom is -0.344 e. The maximum absolute atomic E-state index is 10.8. The van der Waals surface area contributed by atoms with Crippen LogP contribution in [0.1, 0.15) is 12.8 Å². The number of rotatable bonds is 8. The van der Waals surface area contributed by atoms with Gasteiger partial charge in [0, 0.05) is 0 Å². The lowest BCUT2D eigenvalue weighted by atomic mass is 10.0. The Morgan fingerprint density at radius 3 is 2.07 bits per heavy atom. The molecule has 6 heteroatoms. The Hall–Kier alpha value is -0.690. The molecular weight excluding hydrogens is 218 g/mol. The lowest BCUT2D eigenvalue weighted by Gasteiger charge is -2.11. The average Bonchev–Trinajstić information content (AvgIpc) is 2.15. The molecule has 3 N–H and O–H groups in total. The molecule has 0 atom stereocenters. The van der Waals surface area contributed by atoms with Crippen LogP contribution in [0.25, 0.3) is 0 Å². The van der Waals surface area contributed by atoms with E-state index in [9.17, 15) is 8.42 Å². The fraction of sp³-hybridized carbons (Fsp3) is 0.556. The van der Waals surface area contributed by atoms with E-state index in [1.54, 1.807) is 12.2 Å². The van der Waals surface area contributed by atoms with Crippen molar-refractivity contribution in [3.63, 3.8) is 0 Å². The summed E-state index contributed by atoms with van der Waals surface area (Å²) in [5.74, 6) is 0.0786. The molecule has 0 aliphatic heterocycles. The first-order valence-corrected chi connectivity index (χ1v) is 5.55. The predicted molar refractivity (Wildman–Crippen MR) is 60.0 cm³/mol. The van der Waals surface area contributed by atoms with Crippen molar-refractivity contribution in [1.29, 1.82) is 0 Å². The number of hydrogen-bond acceptors (Lipinski definition) is 5. The van der Waals surface area contributed by atoms with Gasteiger partial charge in [-0.2, -0.15) is 8.42 Å². The van der Waals surface area contributed by atoms with E-state index in [2.05, 4.69) is 21.5 Å². The molecule has 0 spiro atoms. The van der Waals surface area contributed by atoms with E-state index in [1.807, 2.05) is 0 Å². The molecule has 0 amide bonds. The standard InChI is InChI=1S/C9H16O4S.H3N/c1-4-6-9(7-5-2)8-13-14(10,11)12-3;/h4-5,9H,1-2,6-8H2,3H3;1H3. The Bertz CT molecular complexity index is 264. The van der Waals surface area contributed by atoms with Crippen LogP contribution in [0.5, 0.6) is 0 Å². The smallest absolute Gasteiger partial charge is 0.344 e. The van der Waals surface area contributed by atoms with Gasteiger partial charge in [-0.15, -0.1) is 13.2 Å². The molecule has 0 aromatic rings. The minimum absolute atomic E-state index is 0. The van der Waals surface area contributed by atoms with E-state index in [0.717, 1.165) is 7.11 Å². The monoisotopic (exact) mass is 237 g/mol. The third-order valence-electron chi connectivity index (χ3n) is 1.65. The van der Waals surface area contributed by atoms with Gasteiger partial charge >= 0.3 is 10.4 Å². The van der Waals surface area contributed by atoms with Crippen molar-refractivity contribution in [1.82, 2.24) is 6.15 Å². The summed E-state index contributed by atoms with van der Waals surface area (Å²) >= 11 is 0. The highest BCUT2D eigenvalue weighted by molar-refractivity contribution is 7.81. The van der Waals surface area contributed by atoms with Crippen LogP contribution in [-0.4, -0.2) is 22.1 Å². The molecule has 0 aliphatic carbocycles. The van der Waals surface area contributed by atoms with Crippen molar-refractivity contribution in [2.45, 2.75) is 12.8 Å². The van der Waals surface area contributed by atoms with Crippen molar-refractivity contribution >= 4 is 10.4 Å². The minimum atomic E-state index is -3.82. The van der Waals surface area contributed by atoms with Gasteiger partial charge in [-0.05, 0) is 18.8 Å². The highest BCUT2D eigenvalue weighted by Crippen LogP contribution is 2.11. The van der Waals surface area contributed by atoms with Crippen LogP contribution in [0, 0.1) is 5.92 Å². The lowest BCUT2D eigenvalue weighted by molar-refractivity contribution is 0.208. The highest BCUT2D eigenvalue weighted by Gasteiger charge is 2.13. The molecule has 0 unspecified atom stereocenters. The van der Waals surface area contributed by atoms with Gasteiger partial charge in [0.15, 0.2) is 0 Å². The zero-order valence-corrected chi connectivity index (χ0v) is 9.83. The molecule has 0 saturated carbocycles. The number of hydrogen-bond donors (Lipinski definition) is 1. The van der Waals surface area contributed by atoms with Crippen molar-refractivity contribution in [2.75, 3.05) is 13.7 Å². The Morgan fingerprint density at radius 2 is 1.73 bits per heavy atom. The van der Waals surface area contributed by atoms with Crippen molar-refractivity contribution < 1.29 is 16.8 Å². The van der Waals surface area contributed by atoms with E-state index in [4.69, 9.17) is 0 Å². The molecule has 0 rings (SSSR count). The van der Waals surface area contributed by atoms with Gasteiger partial charge in [-0.1, -0.05) is 12.2 Å². The zero-order valence-electron chi connectivity index (χ0n) is 9.02. The summed E-state index contributed by atoms with van der Waals surface area (Å²) in [4.78, 5) is 0. The largest absolute Gasteiger partial charge is 0.399 e. The Balaban J connectivity index is 0. The molecule has 0 aromatic carbocycles. The summed E-state index contributed by atoms with van der Waals surface area (Å²) in [7, 11) is -2.76. The molecule has 0 aromatic heterocycles. The van der Waals surface area contributed by atoms with E-state index in [1.165, 1.54) is 0 Å². The van der Waals surface area contributed by atoms with Gasteiger partial charge < -0.3 is 6.15 Å². The second kappa shape index (κ2) is 8.60. The molecular formula is C9H19NO4S. The zero-order chi connectivity index (χ0) is 11.0. The van der Waals surface area contributed by atoms with Crippen molar-refractivity contribution in [3.8, 4) is 0 Å². The summed E-state index contributed by atoms with van der Waals surface area (Å²) in [5, 5.41) is 0. The highest BCUT2D eigenvalue weighted by atomic mass is 32.3. The van der Waals surface area contributed by atoms with Gasteiger partial charge in [-0.25, -0.2) is 4.18 Å². The molecule has 0 saturated heterocycles. The third-order valence-corrected chi connectivity index (χ3v) is 2.49. The van der Waals surface area contributed by atoms with Crippen LogP contribution in [0.4, 0.5) is 0 Å². The van der Waals surface area contributed by atoms with E-state index in [-0.39, 0.29) is 18.7 Å². The third kappa shape index (κ3) is 8.31. The Morgan fingerprint density at radius 1 is 1.27 bits per heavy atom. The maximum atomic E-state index is 10.8. The van der Waals surface area contributed by atoms with Crippen LogP contribution >= 0.6 is 0 Å². The SMILES string of the molecule is C=CCC(CC=C)COS(=O)(=O)OC.N. The van der Waals surface area contributed by atoms with Gasteiger partial charge in [0.2, 0.25) is 0 Å². The first kappa shape index (κ1) is 16.7. The molecule has 0 fully saturated rings. The molecule has 0 radical (unpaired) electrons. The molecule has 5 nitrogen and oxygen atoms in total. The first-order chi connectivity index (χ1) is 6.55. The van der Waals surface area contributed by atoms with Crippen LogP contribution in [0.15, 0.2) is 25.3 Å². The predicted octanol–water partition coefficient (Wildman–Crippen LogP) is 1.82. The summed E-state index contributed by atoms with van der Waals surface area (Å²) < 4.78 is 30.4. The fourth-order valence-corrected chi connectivity index (χ4v) is 1.39. The second-order valence-corrected chi connectivity index (χ2v) is 4.16. The van der Waals surface area contributed by atoms with Gasteiger partial charge in [0.1, 0.15) is 0 Å². The summed E-state index contributed by atoms with van der Waals surface area (Å²) in [5.41, 5.74) is 0. The van der Waals surface area contributed by atoms with Crippen LogP contribution < -0.4 is 6.15 Å². The maximum Gasteiger partial charge on any atom is 0.399 e. The normalized spacial score (nSPS) is 10.8. The average molecular weight is 237 g/mol. The molecule has 15 heavy (non-hydrogen) atoms. The molecule has 90 valence electrons. The molecule has 0 heterocycles. The van der Waals surface area contributed by atoms with E-state index >= 15 is 0 Å². The quantitative estimate of drug-likeness (QED) is 0.650. The van der Waals surface area contributed by atoms with Crippen molar-refractivity contribution in [2.24, 2.45) is 5.92 Å². The second-order valence-electron chi connectivity index (χ2n) is 2.77. The molecule has 0 bridgehead atoms. The summed E-state index contributed by atoms with van der Waals surface area (Å²) in [6.45, 7) is 7.25. The Labute approximate surface area is 91.7 Å². The summed E-state index contributed by atoms with van der Waals surface area (Å²) in [6, 6.07) is 0. The van der Waals surface area contributed by atoms with Gasteiger partial charge in [-0.3, -0.25) is 4.18 Å². The van der Waals surface area contributed by atoms with Crippen LogP contribution in [0.3, 0.4) is 0 Å². The number of allylic oxidation sites excluding steroid dienone is 2. The lowest BCUT2D eigenvalue weighted by Crippen LogP contribution is -2.14.